The molecule has 0 fully saturated rings. The summed E-state index contributed by atoms with van der Waals surface area (Å²) in [7, 11) is 3.35. The third-order valence-electron chi connectivity index (χ3n) is 4.23. The van der Waals surface area contributed by atoms with Crippen molar-refractivity contribution in [3.8, 4) is 11.5 Å². The van der Waals surface area contributed by atoms with Gasteiger partial charge in [0.15, 0.2) is 0 Å². The van der Waals surface area contributed by atoms with E-state index in [2.05, 4.69) is 20.6 Å². The Bertz CT molecular complexity index is 1190. The molecule has 9 nitrogen and oxygen atoms in total. The monoisotopic (exact) mass is 483 g/mol. The first-order valence-electron chi connectivity index (χ1n) is 10.4. The standard InChI is InChI=1S/C24H26ClN5O4/c1-24(2,3)34-23(32)29-20-14-16(10-12-26-20)33-19-9-8-15(13-18(19)25)28-21-17(7-6-11-27-21)22(31)30(4)5/h6-14H,1-5H3,(H,27,28)(H,26,29,32). The van der Waals surface area contributed by atoms with Crippen LogP contribution in [0.3, 0.4) is 0 Å². The number of pyridine rings is 2. The fourth-order valence-electron chi connectivity index (χ4n) is 2.79. The smallest absolute Gasteiger partial charge is 0.413 e. The summed E-state index contributed by atoms with van der Waals surface area (Å²) in [5.74, 6) is 1.34. The van der Waals surface area contributed by atoms with Crippen LogP contribution in [0.5, 0.6) is 11.5 Å². The molecule has 0 aliphatic carbocycles. The first-order valence-corrected chi connectivity index (χ1v) is 10.8. The van der Waals surface area contributed by atoms with E-state index in [0.717, 1.165) is 0 Å². The van der Waals surface area contributed by atoms with Crippen molar-refractivity contribution in [1.82, 2.24) is 14.9 Å². The van der Waals surface area contributed by atoms with Crippen molar-refractivity contribution in [3.63, 3.8) is 0 Å². The van der Waals surface area contributed by atoms with Gasteiger partial charge in [0.1, 0.15) is 28.7 Å². The Hall–Kier alpha value is -3.85. The third-order valence-corrected chi connectivity index (χ3v) is 4.52. The van der Waals surface area contributed by atoms with Gasteiger partial charge in [-0.3, -0.25) is 10.1 Å². The molecule has 0 unspecified atom stereocenters. The summed E-state index contributed by atoms with van der Waals surface area (Å²) in [5, 5.41) is 6.02. The van der Waals surface area contributed by atoms with Gasteiger partial charge in [0.05, 0.1) is 10.6 Å². The fraction of sp³-hybridized carbons (Fsp3) is 0.250. The Morgan fingerprint density at radius 2 is 1.79 bits per heavy atom. The summed E-state index contributed by atoms with van der Waals surface area (Å²) in [5.41, 5.74) is 0.439. The molecule has 2 heterocycles. The fourth-order valence-corrected chi connectivity index (χ4v) is 3.01. The highest BCUT2D eigenvalue weighted by Crippen LogP contribution is 2.33. The number of halogens is 1. The minimum Gasteiger partial charge on any atom is -0.456 e. The molecule has 0 radical (unpaired) electrons. The molecular formula is C24H26ClN5O4. The predicted molar refractivity (Wildman–Crippen MR) is 131 cm³/mol. The SMILES string of the molecule is CN(C)C(=O)c1cccnc1Nc1ccc(Oc2ccnc(NC(=O)OC(C)(C)C)c2)c(Cl)c1. The van der Waals surface area contributed by atoms with Crippen molar-refractivity contribution in [2.45, 2.75) is 26.4 Å². The van der Waals surface area contributed by atoms with Crippen LogP contribution in [0.2, 0.25) is 5.02 Å². The van der Waals surface area contributed by atoms with Crippen molar-refractivity contribution >= 4 is 40.9 Å². The molecule has 178 valence electrons. The summed E-state index contributed by atoms with van der Waals surface area (Å²) in [6, 6.07) is 11.7. The molecule has 0 aliphatic heterocycles. The number of amides is 2. The lowest BCUT2D eigenvalue weighted by Crippen LogP contribution is -2.27. The van der Waals surface area contributed by atoms with E-state index < -0.39 is 11.7 Å². The van der Waals surface area contributed by atoms with Gasteiger partial charge in [-0.25, -0.2) is 14.8 Å². The van der Waals surface area contributed by atoms with Crippen molar-refractivity contribution in [1.29, 1.82) is 0 Å². The first kappa shape index (κ1) is 24.8. The average Bonchev–Trinajstić information content (AvgIpc) is 2.74. The van der Waals surface area contributed by atoms with Gasteiger partial charge in [-0.2, -0.15) is 0 Å². The summed E-state index contributed by atoms with van der Waals surface area (Å²) in [4.78, 5) is 34.2. The predicted octanol–water partition coefficient (Wildman–Crippen LogP) is 5.71. The number of nitrogens with one attached hydrogen (secondary N) is 2. The van der Waals surface area contributed by atoms with Crippen LogP contribution < -0.4 is 15.4 Å². The van der Waals surface area contributed by atoms with Crippen LogP contribution in [0.1, 0.15) is 31.1 Å². The zero-order valence-corrected chi connectivity index (χ0v) is 20.3. The molecular weight excluding hydrogens is 458 g/mol. The summed E-state index contributed by atoms with van der Waals surface area (Å²) >= 11 is 6.43. The van der Waals surface area contributed by atoms with E-state index in [9.17, 15) is 9.59 Å². The molecule has 0 saturated carbocycles. The van der Waals surface area contributed by atoms with Gasteiger partial charge in [-0.05, 0) is 57.2 Å². The number of carbonyl (C=O) groups excluding carboxylic acids is 2. The van der Waals surface area contributed by atoms with E-state index in [1.54, 1.807) is 83.5 Å². The Labute approximate surface area is 203 Å². The number of hydrogen-bond donors (Lipinski definition) is 2. The second-order valence-electron chi connectivity index (χ2n) is 8.48. The Kier molecular flexibility index (Phi) is 7.57. The van der Waals surface area contributed by atoms with Gasteiger partial charge in [0.2, 0.25) is 0 Å². The summed E-state index contributed by atoms with van der Waals surface area (Å²) in [6.45, 7) is 5.32. The highest BCUT2D eigenvalue weighted by molar-refractivity contribution is 6.32. The highest BCUT2D eigenvalue weighted by atomic mass is 35.5. The van der Waals surface area contributed by atoms with Gasteiger partial charge in [-0.15, -0.1) is 0 Å². The van der Waals surface area contributed by atoms with E-state index >= 15 is 0 Å². The van der Waals surface area contributed by atoms with Crippen molar-refractivity contribution in [3.05, 3.63) is 65.4 Å². The van der Waals surface area contributed by atoms with E-state index in [1.807, 2.05) is 0 Å². The minimum absolute atomic E-state index is 0.171. The normalized spacial score (nSPS) is 10.9. The van der Waals surface area contributed by atoms with E-state index in [4.69, 9.17) is 21.1 Å². The van der Waals surface area contributed by atoms with E-state index in [1.165, 1.54) is 11.1 Å². The van der Waals surface area contributed by atoms with Crippen LogP contribution in [0.25, 0.3) is 0 Å². The molecule has 34 heavy (non-hydrogen) atoms. The molecule has 1 aromatic carbocycles. The molecule has 0 spiro atoms. The number of anilines is 3. The lowest BCUT2D eigenvalue weighted by atomic mass is 10.2. The number of nitrogens with zero attached hydrogens (tertiary/aromatic N) is 3. The van der Waals surface area contributed by atoms with Gasteiger partial charge in [-0.1, -0.05) is 11.6 Å². The molecule has 2 aromatic heterocycles. The zero-order valence-electron chi connectivity index (χ0n) is 19.5. The lowest BCUT2D eigenvalue weighted by Gasteiger charge is -2.19. The maximum Gasteiger partial charge on any atom is 0.413 e. The van der Waals surface area contributed by atoms with Crippen LogP contribution in [-0.2, 0) is 4.74 Å². The summed E-state index contributed by atoms with van der Waals surface area (Å²) in [6.07, 6.45) is 2.48. The number of aromatic nitrogens is 2. The molecule has 0 bridgehead atoms. The quantitative estimate of drug-likeness (QED) is 0.462. The Morgan fingerprint density at radius 1 is 1.03 bits per heavy atom. The number of carbonyl (C=O) groups is 2. The van der Waals surface area contributed by atoms with Gasteiger partial charge in [0, 0.05) is 38.2 Å². The molecule has 0 saturated heterocycles. The number of rotatable bonds is 6. The molecule has 0 aliphatic rings. The van der Waals surface area contributed by atoms with Crippen LogP contribution in [0, 0.1) is 0 Å². The maximum absolute atomic E-state index is 12.4. The van der Waals surface area contributed by atoms with Gasteiger partial charge >= 0.3 is 6.09 Å². The number of ether oxygens (including phenoxy) is 2. The van der Waals surface area contributed by atoms with Crippen LogP contribution in [0.4, 0.5) is 22.1 Å². The highest BCUT2D eigenvalue weighted by Gasteiger charge is 2.17. The third kappa shape index (κ3) is 6.82. The largest absolute Gasteiger partial charge is 0.456 e. The molecule has 0 atom stereocenters. The van der Waals surface area contributed by atoms with E-state index in [-0.39, 0.29) is 11.7 Å². The van der Waals surface area contributed by atoms with Gasteiger partial charge < -0.3 is 19.7 Å². The molecule has 3 rings (SSSR count). The lowest BCUT2D eigenvalue weighted by molar-refractivity contribution is 0.0635. The first-order chi connectivity index (χ1) is 16.0. The summed E-state index contributed by atoms with van der Waals surface area (Å²) < 4.78 is 11.1. The number of benzene rings is 1. The Balaban J connectivity index is 1.73. The maximum atomic E-state index is 12.4. The second kappa shape index (κ2) is 10.4. The molecule has 3 aromatic rings. The zero-order chi connectivity index (χ0) is 24.9. The van der Waals surface area contributed by atoms with Crippen molar-refractivity contribution < 1.29 is 19.1 Å². The molecule has 10 heteroatoms. The molecule has 2 amide bonds. The molecule has 2 N–H and O–H groups in total. The second-order valence-corrected chi connectivity index (χ2v) is 8.88. The Morgan fingerprint density at radius 3 is 2.47 bits per heavy atom. The van der Waals surface area contributed by atoms with Crippen LogP contribution in [-0.4, -0.2) is 46.6 Å². The van der Waals surface area contributed by atoms with Crippen molar-refractivity contribution in [2.75, 3.05) is 24.7 Å². The topological polar surface area (TPSA) is 106 Å². The van der Waals surface area contributed by atoms with Crippen LogP contribution >= 0.6 is 11.6 Å². The minimum atomic E-state index is -0.628. The number of hydrogen-bond acceptors (Lipinski definition) is 7. The van der Waals surface area contributed by atoms with E-state index in [0.29, 0.717) is 33.6 Å². The van der Waals surface area contributed by atoms with Crippen LogP contribution in [0.15, 0.2) is 54.9 Å². The van der Waals surface area contributed by atoms with Crippen molar-refractivity contribution in [2.24, 2.45) is 0 Å². The van der Waals surface area contributed by atoms with Gasteiger partial charge in [0.25, 0.3) is 5.91 Å². The average molecular weight is 484 g/mol.